The summed E-state index contributed by atoms with van der Waals surface area (Å²) >= 11 is 0. The maximum atomic E-state index is 12.4. The monoisotopic (exact) mass is 1890 g/mol. The average molecular weight is 1890 g/mol. The van der Waals surface area contributed by atoms with Gasteiger partial charge in [0.2, 0.25) is 0 Å². The first-order valence-electron chi connectivity index (χ1n) is 28.6. The van der Waals surface area contributed by atoms with Gasteiger partial charge in [0.15, 0.2) is 0 Å². The SMILES string of the molecule is CC(C)n1ccnc1-c1cc(C(F)(F)F)n[n-]1.Cc1cc(-c2nccn2-c2ccccc2)[n-]n1.Cc1cc(-c2nccn2-c2ccccc2)[n-]n1.Cc1cc(-c2nccn2C(C)C)[n-]n1.Cn1ccnc1-c1cc(C(F)(F)F)n[n-]1.Cn1ccnc1-c1cc(C(F)(F)F)n[n-]1.[Pt+2].[Pt+2].[Pt+2]. The van der Waals surface area contributed by atoms with Crippen LogP contribution in [0.3, 0.4) is 0 Å². The summed E-state index contributed by atoms with van der Waals surface area (Å²) in [6, 6.07) is 29.1. The Kier molecular flexibility index (Phi) is 26.9. The van der Waals surface area contributed by atoms with Gasteiger partial charge in [0, 0.05) is 129 Å². The molecule has 14 rings (SSSR count). The molecule has 14 aromatic rings. The Morgan fingerprint density at radius 2 is 0.582 bits per heavy atom. The van der Waals surface area contributed by atoms with Crippen molar-refractivity contribution in [3.05, 3.63) is 206 Å². The Hall–Kier alpha value is -9.61. The van der Waals surface area contributed by atoms with Gasteiger partial charge in [0.1, 0.15) is 52.0 Å². The zero-order chi connectivity index (χ0) is 68.2. The summed E-state index contributed by atoms with van der Waals surface area (Å²) in [6.07, 6.45) is 7.18. The van der Waals surface area contributed by atoms with Crippen LogP contribution in [0.25, 0.3) is 80.5 Å². The van der Waals surface area contributed by atoms with Gasteiger partial charge in [-0.1, -0.05) is 88.8 Å². The van der Waals surface area contributed by atoms with E-state index in [2.05, 4.69) is 110 Å². The first kappa shape index (κ1) is 77.4. The normalized spacial score (nSPS) is 11.1. The van der Waals surface area contributed by atoms with Crippen molar-refractivity contribution in [1.29, 1.82) is 0 Å². The largest absolute Gasteiger partial charge is 2.00 e. The zero-order valence-electron chi connectivity index (χ0n) is 52.9. The van der Waals surface area contributed by atoms with E-state index in [0.717, 1.165) is 81.2 Å². The summed E-state index contributed by atoms with van der Waals surface area (Å²) in [5, 5.41) is 43.9. The second-order valence-electron chi connectivity index (χ2n) is 21.1. The molecule has 0 radical (unpaired) electrons. The number of nitrogens with zero attached hydrogens (tertiary/aromatic N) is 24. The maximum Gasteiger partial charge on any atom is 2.00 e. The Balaban J connectivity index is 0.000000185. The molecule has 0 saturated carbocycles. The Labute approximate surface area is 596 Å². The number of aromatic nitrogens is 24. The van der Waals surface area contributed by atoms with Crippen molar-refractivity contribution in [3.8, 4) is 80.5 Å². The van der Waals surface area contributed by atoms with Crippen molar-refractivity contribution in [2.24, 2.45) is 14.1 Å². The summed E-state index contributed by atoms with van der Waals surface area (Å²) in [7, 11) is 3.34. The van der Waals surface area contributed by atoms with E-state index >= 15 is 0 Å². The van der Waals surface area contributed by atoms with Crippen LogP contribution in [-0.4, -0.2) is 87.9 Å². The minimum Gasteiger partial charge on any atom is -0.572 e. The second kappa shape index (κ2) is 34.1. The van der Waals surface area contributed by atoms with Gasteiger partial charge in [0.25, 0.3) is 0 Å². The van der Waals surface area contributed by atoms with Crippen LogP contribution >= 0.6 is 0 Å². The van der Waals surface area contributed by atoms with E-state index in [4.69, 9.17) is 0 Å². The van der Waals surface area contributed by atoms with Crippen LogP contribution in [0, 0.1) is 20.8 Å². The third kappa shape index (κ3) is 19.8. The molecule has 12 heterocycles. The van der Waals surface area contributed by atoms with Gasteiger partial charge in [-0.3, -0.25) is 0 Å². The summed E-state index contributed by atoms with van der Waals surface area (Å²) in [5.74, 6) is 3.63. The molecule has 0 amide bonds. The number of hydrogen-bond donors (Lipinski definition) is 0. The fraction of sp³-hybridized carbons (Fsp3) is 0.226. The Bertz CT molecular complexity index is 4440. The van der Waals surface area contributed by atoms with Crippen LogP contribution in [0.15, 0.2) is 171 Å². The molecule has 0 N–H and O–H groups in total. The predicted molar refractivity (Wildman–Crippen MR) is 327 cm³/mol. The standard InChI is InChI=1S/2C13H11N4.C10H10F3N4.C10H13N4.2C8H6F3N4.3Pt/c2*1-10-9-12(16-15-10)13-14-7-8-17(13)11-5-3-2-4-6-11;1-6(2)17-4-3-14-9(17)7-5-8(16-15-7)10(11,12)13;1-7(2)14-5-4-11-10(14)9-6-8(3)12-13-9;2*1-15-3-2-12-7(15)5-4-6(14-13-5)8(9,10)11;;;/h2*2-9H,1H3;3-6H,1-2H3;4-7H,1-3H3;2*2-4H,1H3;;;/q6*-1;3*+2. The number of para-hydroxylation sites is 2. The molecule has 0 fully saturated rings. The van der Waals surface area contributed by atoms with Gasteiger partial charge in [-0.2, -0.15) is 39.5 Å². The second-order valence-corrected chi connectivity index (χ2v) is 21.1. The van der Waals surface area contributed by atoms with Gasteiger partial charge in [-0.15, -0.1) is 0 Å². The number of alkyl halides is 9. The minimum atomic E-state index is -4.47. The van der Waals surface area contributed by atoms with Crippen LogP contribution in [0.2, 0.25) is 0 Å². The number of rotatable bonds is 10. The molecule has 12 aromatic heterocycles. The van der Waals surface area contributed by atoms with E-state index < -0.39 is 35.6 Å². The van der Waals surface area contributed by atoms with Crippen molar-refractivity contribution in [3.63, 3.8) is 0 Å². The van der Waals surface area contributed by atoms with Crippen LogP contribution in [0.1, 0.15) is 73.9 Å². The summed E-state index contributed by atoms with van der Waals surface area (Å²) in [4.78, 5) is 24.7. The molecule has 0 spiro atoms. The smallest absolute Gasteiger partial charge is 0.572 e. The number of imidazole rings is 6. The summed E-state index contributed by atoms with van der Waals surface area (Å²) < 4.78 is 121. The van der Waals surface area contributed by atoms with Crippen molar-refractivity contribution < 1.29 is 103 Å². The first-order valence-corrected chi connectivity index (χ1v) is 28.6. The Morgan fingerprint density at radius 3 is 0.847 bits per heavy atom. The van der Waals surface area contributed by atoms with Gasteiger partial charge in [-0.25, -0.2) is 29.9 Å². The third-order valence-electron chi connectivity index (χ3n) is 13.3. The van der Waals surface area contributed by atoms with Gasteiger partial charge >= 0.3 is 81.7 Å². The molecule has 98 heavy (non-hydrogen) atoms. The van der Waals surface area contributed by atoms with Gasteiger partial charge < -0.3 is 88.6 Å². The third-order valence-corrected chi connectivity index (χ3v) is 13.3. The number of aryl methyl sites for hydroxylation is 5. The summed E-state index contributed by atoms with van der Waals surface area (Å²) in [5.41, 5.74) is 4.71. The zero-order valence-corrected chi connectivity index (χ0v) is 59.7. The van der Waals surface area contributed by atoms with E-state index in [1.807, 2.05) is 141 Å². The molecule has 0 aliphatic rings. The molecule has 518 valence electrons. The fourth-order valence-electron chi connectivity index (χ4n) is 8.78. The van der Waals surface area contributed by atoms with Crippen molar-refractivity contribution in [1.82, 2.24) is 118 Å². The summed E-state index contributed by atoms with van der Waals surface area (Å²) in [6.45, 7) is 13.8. The van der Waals surface area contributed by atoms with Crippen LogP contribution in [-0.2, 0) is 95.8 Å². The van der Waals surface area contributed by atoms with E-state index in [1.165, 1.54) is 18.6 Å². The van der Waals surface area contributed by atoms with E-state index in [0.29, 0.717) is 23.5 Å². The molecule has 24 nitrogen and oxygen atoms in total. The molecule has 2 aromatic carbocycles. The topological polar surface area (TPSA) is 269 Å². The molecule has 0 aliphatic heterocycles. The average Bonchev–Trinajstić information content (AvgIpc) is 1.68. The van der Waals surface area contributed by atoms with E-state index in [9.17, 15) is 39.5 Å². The van der Waals surface area contributed by atoms with Gasteiger partial charge in [0.05, 0.1) is 0 Å². The number of hydrogen-bond acceptors (Lipinski definition) is 12. The number of benzene rings is 2. The molecule has 0 atom stereocenters. The molecule has 0 bridgehead atoms. The van der Waals surface area contributed by atoms with Crippen molar-refractivity contribution in [2.75, 3.05) is 0 Å². The van der Waals surface area contributed by atoms with Crippen molar-refractivity contribution >= 4 is 0 Å². The van der Waals surface area contributed by atoms with E-state index in [1.54, 1.807) is 65.0 Å². The maximum absolute atomic E-state index is 12.4. The van der Waals surface area contributed by atoms with Crippen LogP contribution < -0.4 is 30.6 Å². The Morgan fingerprint density at radius 1 is 0.327 bits per heavy atom. The number of halogens is 9. The predicted octanol–water partition coefficient (Wildman–Crippen LogP) is 11.6. The fourth-order valence-corrected chi connectivity index (χ4v) is 8.78. The van der Waals surface area contributed by atoms with Crippen LogP contribution in [0.5, 0.6) is 0 Å². The quantitative estimate of drug-likeness (QED) is 0.115. The molecule has 0 unspecified atom stereocenters. The van der Waals surface area contributed by atoms with Crippen LogP contribution in [0.4, 0.5) is 39.5 Å². The molecule has 0 saturated heterocycles. The molecular formula is C62H57F9N24Pt3. The molecule has 36 heteroatoms. The molecule has 0 aliphatic carbocycles. The molecular weight excluding hydrogens is 1840 g/mol. The van der Waals surface area contributed by atoms with Crippen molar-refractivity contribution in [2.45, 2.75) is 79.1 Å². The minimum absolute atomic E-state index is 0. The van der Waals surface area contributed by atoms with Gasteiger partial charge in [-0.05, 0) is 90.9 Å². The van der Waals surface area contributed by atoms with E-state index in [-0.39, 0.29) is 86.3 Å². The first-order chi connectivity index (χ1) is 45.2.